The molecule has 98 valence electrons. The Labute approximate surface area is 113 Å². The van der Waals surface area contributed by atoms with Gasteiger partial charge in [0.25, 0.3) is 0 Å². The summed E-state index contributed by atoms with van der Waals surface area (Å²) in [6.07, 6.45) is 0.988. The fraction of sp³-hybridized carbons (Fsp3) is 0.538. The number of aliphatic hydroxyl groups excluding tert-OH is 1. The first kappa shape index (κ1) is 13.2. The van der Waals surface area contributed by atoms with E-state index in [0.717, 1.165) is 42.1 Å². The van der Waals surface area contributed by atoms with Gasteiger partial charge in [0.1, 0.15) is 10.8 Å². The highest BCUT2D eigenvalue weighted by molar-refractivity contribution is 7.80. The summed E-state index contributed by atoms with van der Waals surface area (Å²) >= 11 is 5.14. The molecule has 0 saturated carbocycles. The molecule has 18 heavy (non-hydrogen) atoms. The van der Waals surface area contributed by atoms with E-state index in [1.165, 1.54) is 0 Å². The first-order valence-electron chi connectivity index (χ1n) is 6.16. The minimum Gasteiger partial charge on any atom is -0.396 e. The number of nitrogens with two attached hydrogens (primary N) is 1. The largest absolute Gasteiger partial charge is 0.396 e. The molecule has 0 amide bonds. The average molecular weight is 265 g/mol. The van der Waals surface area contributed by atoms with Crippen LogP contribution < -0.4 is 10.6 Å². The molecular weight excluding hydrogens is 246 g/mol. The van der Waals surface area contributed by atoms with Crippen LogP contribution in [-0.4, -0.2) is 34.8 Å². The van der Waals surface area contributed by atoms with Gasteiger partial charge in [0.05, 0.1) is 5.56 Å². The molecular formula is C13H19N3OS. The lowest BCUT2D eigenvalue weighted by Gasteiger charge is -2.22. The smallest absolute Gasteiger partial charge is 0.139 e. The topological polar surface area (TPSA) is 62.4 Å². The Hall–Kier alpha value is -1.20. The van der Waals surface area contributed by atoms with E-state index < -0.39 is 0 Å². The summed E-state index contributed by atoms with van der Waals surface area (Å²) in [6, 6.07) is 2.00. The van der Waals surface area contributed by atoms with Crippen molar-refractivity contribution in [1.29, 1.82) is 0 Å². The van der Waals surface area contributed by atoms with Gasteiger partial charge in [0.15, 0.2) is 0 Å². The van der Waals surface area contributed by atoms with Crippen LogP contribution >= 0.6 is 12.2 Å². The van der Waals surface area contributed by atoms with E-state index in [0.29, 0.717) is 10.9 Å². The van der Waals surface area contributed by atoms with Gasteiger partial charge in [-0.15, -0.1) is 0 Å². The molecule has 2 heterocycles. The molecule has 1 aromatic heterocycles. The van der Waals surface area contributed by atoms with Crippen molar-refractivity contribution >= 4 is 23.0 Å². The monoisotopic (exact) mass is 265 g/mol. The molecule has 1 unspecified atom stereocenters. The lowest BCUT2D eigenvalue weighted by atomic mass is 10.1. The van der Waals surface area contributed by atoms with E-state index in [-0.39, 0.29) is 6.61 Å². The summed E-state index contributed by atoms with van der Waals surface area (Å²) < 4.78 is 0. The minimum absolute atomic E-state index is 0.226. The summed E-state index contributed by atoms with van der Waals surface area (Å²) in [6.45, 7) is 5.92. The molecule has 1 aliphatic heterocycles. The predicted octanol–water partition coefficient (Wildman–Crippen LogP) is 1.15. The minimum atomic E-state index is 0.226. The van der Waals surface area contributed by atoms with Crippen molar-refractivity contribution in [3.63, 3.8) is 0 Å². The van der Waals surface area contributed by atoms with Gasteiger partial charge in [-0.1, -0.05) is 12.2 Å². The SMILES string of the molecule is Cc1cc(C)c(C(N)=S)c(N2CCC(CO)C2)n1. The van der Waals surface area contributed by atoms with E-state index in [9.17, 15) is 5.11 Å². The van der Waals surface area contributed by atoms with E-state index >= 15 is 0 Å². The van der Waals surface area contributed by atoms with E-state index in [1.807, 2.05) is 19.9 Å². The highest BCUT2D eigenvalue weighted by Gasteiger charge is 2.26. The average Bonchev–Trinajstić information content (AvgIpc) is 2.75. The maximum absolute atomic E-state index is 9.22. The third-order valence-electron chi connectivity index (χ3n) is 3.42. The van der Waals surface area contributed by atoms with Crippen molar-refractivity contribution < 1.29 is 5.11 Å². The van der Waals surface area contributed by atoms with Crippen LogP contribution in [0.25, 0.3) is 0 Å². The number of pyridine rings is 1. The Kier molecular flexibility index (Phi) is 3.82. The first-order chi connectivity index (χ1) is 8.52. The molecule has 5 heteroatoms. The zero-order chi connectivity index (χ0) is 13.3. The van der Waals surface area contributed by atoms with Crippen LogP contribution in [0.2, 0.25) is 0 Å². The Morgan fingerprint density at radius 2 is 2.33 bits per heavy atom. The van der Waals surface area contributed by atoms with Gasteiger partial charge < -0.3 is 15.7 Å². The maximum Gasteiger partial charge on any atom is 0.139 e. The van der Waals surface area contributed by atoms with Gasteiger partial charge in [-0.25, -0.2) is 4.98 Å². The summed E-state index contributed by atoms with van der Waals surface area (Å²) in [5, 5.41) is 9.22. The van der Waals surface area contributed by atoms with E-state index in [1.54, 1.807) is 0 Å². The van der Waals surface area contributed by atoms with E-state index in [4.69, 9.17) is 18.0 Å². The van der Waals surface area contributed by atoms with Crippen molar-refractivity contribution in [3.05, 3.63) is 22.9 Å². The highest BCUT2D eigenvalue weighted by atomic mass is 32.1. The van der Waals surface area contributed by atoms with Gasteiger partial charge in [0, 0.05) is 31.3 Å². The molecule has 0 radical (unpaired) electrons. The zero-order valence-electron chi connectivity index (χ0n) is 10.8. The molecule has 0 bridgehead atoms. The van der Waals surface area contributed by atoms with Crippen LogP contribution in [0.5, 0.6) is 0 Å². The number of aromatic nitrogens is 1. The first-order valence-corrected chi connectivity index (χ1v) is 6.57. The summed E-state index contributed by atoms with van der Waals surface area (Å²) in [5.41, 5.74) is 8.72. The van der Waals surface area contributed by atoms with Gasteiger partial charge >= 0.3 is 0 Å². The quantitative estimate of drug-likeness (QED) is 0.803. The van der Waals surface area contributed by atoms with Gasteiger partial charge in [-0.05, 0) is 31.9 Å². The van der Waals surface area contributed by atoms with Gasteiger partial charge in [0.2, 0.25) is 0 Å². The van der Waals surface area contributed by atoms with Crippen molar-refractivity contribution in [2.45, 2.75) is 20.3 Å². The van der Waals surface area contributed by atoms with Crippen LogP contribution in [0.1, 0.15) is 23.2 Å². The van der Waals surface area contributed by atoms with Crippen molar-refractivity contribution in [2.75, 3.05) is 24.6 Å². The Balaban J connectivity index is 2.40. The van der Waals surface area contributed by atoms with Gasteiger partial charge in [-0.2, -0.15) is 0 Å². The second-order valence-corrected chi connectivity index (χ2v) is 5.37. The molecule has 4 nitrogen and oxygen atoms in total. The third-order valence-corrected chi connectivity index (χ3v) is 3.62. The highest BCUT2D eigenvalue weighted by Crippen LogP contribution is 2.27. The van der Waals surface area contributed by atoms with Crippen LogP contribution in [0.3, 0.4) is 0 Å². The van der Waals surface area contributed by atoms with Crippen LogP contribution in [0.4, 0.5) is 5.82 Å². The number of nitrogens with zero attached hydrogens (tertiary/aromatic N) is 2. The van der Waals surface area contributed by atoms with Gasteiger partial charge in [-0.3, -0.25) is 0 Å². The zero-order valence-corrected chi connectivity index (χ0v) is 11.6. The van der Waals surface area contributed by atoms with Crippen LogP contribution in [0, 0.1) is 19.8 Å². The number of thiocarbonyl (C=S) groups is 1. The summed E-state index contributed by atoms with van der Waals surface area (Å²) in [7, 11) is 0. The number of hydrogen-bond donors (Lipinski definition) is 2. The fourth-order valence-corrected chi connectivity index (χ4v) is 2.78. The number of hydrogen-bond acceptors (Lipinski definition) is 4. The number of aryl methyl sites for hydroxylation is 2. The maximum atomic E-state index is 9.22. The second kappa shape index (κ2) is 5.20. The summed E-state index contributed by atoms with van der Waals surface area (Å²) in [4.78, 5) is 7.15. The van der Waals surface area contributed by atoms with Crippen molar-refractivity contribution in [1.82, 2.24) is 4.98 Å². The lowest BCUT2D eigenvalue weighted by Crippen LogP contribution is -2.26. The van der Waals surface area contributed by atoms with Crippen molar-refractivity contribution in [2.24, 2.45) is 11.7 Å². The molecule has 1 atom stereocenters. The molecule has 1 aliphatic rings. The number of anilines is 1. The van der Waals surface area contributed by atoms with Crippen LogP contribution in [-0.2, 0) is 0 Å². The van der Waals surface area contributed by atoms with Crippen LogP contribution in [0.15, 0.2) is 6.07 Å². The molecule has 1 aromatic rings. The standard InChI is InChI=1S/C13H19N3OS/c1-8-5-9(2)15-13(11(8)12(14)18)16-4-3-10(6-16)7-17/h5,10,17H,3-4,6-7H2,1-2H3,(H2,14,18). The number of rotatable bonds is 3. The molecule has 1 saturated heterocycles. The van der Waals surface area contributed by atoms with E-state index in [2.05, 4.69) is 9.88 Å². The molecule has 0 aliphatic carbocycles. The summed E-state index contributed by atoms with van der Waals surface area (Å²) in [5.74, 6) is 1.20. The molecule has 1 fully saturated rings. The second-order valence-electron chi connectivity index (χ2n) is 4.93. The Bertz CT molecular complexity index is 476. The normalized spacial score (nSPS) is 19.3. The van der Waals surface area contributed by atoms with Crippen molar-refractivity contribution in [3.8, 4) is 0 Å². The molecule has 0 spiro atoms. The fourth-order valence-electron chi connectivity index (χ4n) is 2.52. The predicted molar refractivity (Wildman–Crippen MR) is 77.0 cm³/mol. The Morgan fingerprint density at radius 3 is 2.89 bits per heavy atom. The molecule has 0 aromatic carbocycles. The lowest BCUT2D eigenvalue weighted by molar-refractivity contribution is 0.238. The Morgan fingerprint density at radius 1 is 1.61 bits per heavy atom. The third kappa shape index (κ3) is 2.47. The number of aliphatic hydroxyl groups is 1. The molecule has 3 N–H and O–H groups in total. The molecule has 2 rings (SSSR count).